The first-order valence-corrected chi connectivity index (χ1v) is 8.01. The molecule has 0 aliphatic carbocycles. The molecule has 1 aliphatic heterocycles. The lowest BCUT2D eigenvalue weighted by atomic mass is 10.2. The predicted molar refractivity (Wildman–Crippen MR) is 87.3 cm³/mol. The maximum absolute atomic E-state index is 11.1. The van der Waals surface area contributed by atoms with Crippen molar-refractivity contribution in [1.82, 2.24) is 14.9 Å². The van der Waals surface area contributed by atoms with E-state index >= 15 is 0 Å². The Hall–Kier alpha value is -2.59. The van der Waals surface area contributed by atoms with Crippen molar-refractivity contribution >= 4 is 17.4 Å². The topological polar surface area (TPSA) is 111 Å². The molecule has 2 aromatic carbocycles. The second kappa shape index (κ2) is 5.80. The summed E-state index contributed by atoms with van der Waals surface area (Å²) >= 11 is 1.43. The molecule has 0 saturated heterocycles. The van der Waals surface area contributed by atoms with E-state index in [2.05, 4.69) is 15.6 Å². The first-order chi connectivity index (χ1) is 11.6. The number of nitrogens with zero attached hydrogens (tertiary/aromatic N) is 3. The number of nitrogens with one attached hydrogen (secondary N) is 2. The molecule has 0 spiro atoms. The van der Waals surface area contributed by atoms with Gasteiger partial charge in [-0.15, -0.1) is 10.2 Å². The molecular weight excluding hydrogens is 330 g/mol. The van der Waals surface area contributed by atoms with Crippen molar-refractivity contribution in [3.05, 3.63) is 59.3 Å². The van der Waals surface area contributed by atoms with Gasteiger partial charge in [0.15, 0.2) is 11.5 Å². The fraction of sp³-hybridized carbons (Fsp3) is 0.0667. The number of hydrogen-bond acceptors (Lipinski definition) is 7. The molecular formula is C15H13N5O3S. The molecule has 122 valence electrons. The quantitative estimate of drug-likeness (QED) is 0.532. The third kappa shape index (κ3) is 2.49. The molecule has 8 nitrogen and oxygen atoms in total. The molecule has 2 heterocycles. The lowest BCUT2D eigenvalue weighted by Crippen LogP contribution is -2.99. The number of quaternary nitrogens is 1. The maximum atomic E-state index is 11.1. The summed E-state index contributed by atoms with van der Waals surface area (Å²) in [6, 6.07) is 13.6. The van der Waals surface area contributed by atoms with E-state index < -0.39 is 5.23 Å². The van der Waals surface area contributed by atoms with E-state index in [1.807, 2.05) is 12.1 Å². The van der Waals surface area contributed by atoms with Gasteiger partial charge in [-0.25, -0.2) is 9.88 Å². The zero-order chi connectivity index (χ0) is 16.7. The zero-order valence-corrected chi connectivity index (χ0v) is 13.1. The molecule has 0 fully saturated rings. The lowest BCUT2D eigenvalue weighted by Gasteiger charge is -2.14. The SMILES string of the molecule is [O-][NH+](O)c1cccc(-c2nnc3n2N[C@@H](c2ccccc2O)S3)c1. The van der Waals surface area contributed by atoms with E-state index in [1.54, 1.807) is 35.0 Å². The summed E-state index contributed by atoms with van der Waals surface area (Å²) in [4.78, 5) is 0. The number of thioether (sulfide) groups is 1. The summed E-state index contributed by atoms with van der Waals surface area (Å²) < 4.78 is 1.71. The monoisotopic (exact) mass is 343 g/mol. The molecule has 0 bridgehead atoms. The predicted octanol–water partition coefficient (Wildman–Crippen LogP) is 1.40. The summed E-state index contributed by atoms with van der Waals surface area (Å²) in [5.74, 6) is 0.731. The minimum atomic E-state index is -0.993. The van der Waals surface area contributed by atoms with E-state index in [9.17, 15) is 10.3 Å². The van der Waals surface area contributed by atoms with Gasteiger partial charge in [0.1, 0.15) is 11.1 Å². The van der Waals surface area contributed by atoms with Gasteiger partial charge in [-0.2, -0.15) is 5.23 Å². The normalized spacial score (nSPS) is 17.3. The molecule has 4 N–H and O–H groups in total. The number of aromatic nitrogens is 3. The maximum Gasteiger partial charge on any atom is 0.212 e. The molecule has 9 heteroatoms. The van der Waals surface area contributed by atoms with Crippen LogP contribution in [0.3, 0.4) is 0 Å². The van der Waals surface area contributed by atoms with Crippen molar-refractivity contribution < 1.29 is 15.5 Å². The van der Waals surface area contributed by atoms with Crippen LogP contribution in [0.4, 0.5) is 5.69 Å². The van der Waals surface area contributed by atoms with E-state index in [1.165, 1.54) is 17.8 Å². The Bertz CT molecular complexity index is 898. The van der Waals surface area contributed by atoms with Gasteiger partial charge in [-0.05, 0) is 6.07 Å². The summed E-state index contributed by atoms with van der Waals surface area (Å²) in [5.41, 5.74) is 4.82. The Morgan fingerprint density at radius 2 is 2.00 bits per heavy atom. The number of aromatic hydroxyl groups is 1. The van der Waals surface area contributed by atoms with Crippen LogP contribution in [0.2, 0.25) is 0 Å². The number of benzene rings is 2. The third-order valence-electron chi connectivity index (χ3n) is 3.69. The average Bonchev–Trinajstić information content (AvgIpc) is 3.15. The van der Waals surface area contributed by atoms with Crippen LogP contribution in [0.25, 0.3) is 11.4 Å². The van der Waals surface area contributed by atoms with Crippen LogP contribution in [-0.2, 0) is 0 Å². The van der Waals surface area contributed by atoms with Gasteiger partial charge in [0.25, 0.3) is 0 Å². The zero-order valence-electron chi connectivity index (χ0n) is 12.2. The van der Waals surface area contributed by atoms with Gasteiger partial charge in [-0.1, -0.05) is 42.1 Å². The largest absolute Gasteiger partial charge is 0.595 e. The van der Waals surface area contributed by atoms with E-state index in [-0.39, 0.29) is 16.8 Å². The molecule has 3 aromatic rings. The van der Waals surface area contributed by atoms with Crippen LogP contribution >= 0.6 is 11.8 Å². The van der Waals surface area contributed by atoms with E-state index in [4.69, 9.17) is 5.21 Å². The van der Waals surface area contributed by atoms with Crippen LogP contribution in [0.1, 0.15) is 10.9 Å². The Morgan fingerprint density at radius 3 is 2.79 bits per heavy atom. The second-order valence-electron chi connectivity index (χ2n) is 5.21. The van der Waals surface area contributed by atoms with Crippen LogP contribution in [0, 0.1) is 5.21 Å². The summed E-state index contributed by atoms with van der Waals surface area (Å²) in [7, 11) is 0. The number of phenolic OH excluding ortho intramolecular Hbond substituents is 1. The number of fused-ring (bicyclic) bond motifs is 1. The van der Waals surface area contributed by atoms with Gasteiger partial charge in [0.05, 0.1) is 0 Å². The standard InChI is InChI=1S/C15H13N5O3S/c21-12-7-2-1-6-11(12)14-18-19-13(16-17-15(19)24-14)9-4-3-5-10(8-9)20(22)23/h1-8,14,18,20-22H/t14-/m1/s1. The first-order valence-electron chi connectivity index (χ1n) is 7.14. The van der Waals surface area contributed by atoms with Crippen LogP contribution in [0.5, 0.6) is 5.75 Å². The van der Waals surface area contributed by atoms with Gasteiger partial charge < -0.3 is 15.7 Å². The lowest BCUT2D eigenvalue weighted by molar-refractivity contribution is -0.991. The Balaban J connectivity index is 1.68. The van der Waals surface area contributed by atoms with E-state index in [0.29, 0.717) is 16.5 Å². The smallest absolute Gasteiger partial charge is 0.212 e. The highest BCUT2D eigenvalue weighted by Crippen LogP contribution is 2.42. The summed E-state index contributed by atoms with van der Waals surface area (Å²) in [6.07, 6.45) is 0. The van der Waals surface area contributed by atoms with Crippen LogP contribution < -0.4 is 10.7 Å². The minimum Gasteiger partial charge on any atom is -0.595 e. The fourth-order valence-corrected chi connectivity index (χ4v) is 3.56. The highest BCUT2D eigenvalue weighted by atomic mass is 32.2. The number of rotatable bonds is 3. The minimum absolute atomic E-state index is 0.188. The average molecular weight is 343 g/mol. The Morgan fingerprint density at radius 1 is 1.17 bits per heavy atom. The Labute approximate surface area is 140 Å². The molecule has 1 aliphatic rings. The number of para-hydroxylation sites is 1. The van der Waals surface area contributed by atoms with Gasteiger partial charge >= 0.3 is 0 Å². The summed E-state index contributed by atoms with van der Waals surface area (Å²) in [5, 5.41) is 38.0. The molecule has 24 heavy (non-hydrogen) atoms. The molecule has 1 aromatic heterocycles. The Kier molecular flexibility index (Phi) is 3.62. The molecule has 2 atom stereocenters. The highest BCUT2D eigenvalue weighted by Gasteiger charge is 2.29. The van der Waals surface area contributed by atoms with Crippen molar-refractivity contribution in [2.75, 3.05) is 5.43 Å². The number of phenols is 1. The van der Waals surface area contributed by atoms with Crippen molar-refractivity contribution in [2.45, 2.75) is 10.5 Å². The first kappa shape index (κ1) is 15.0. The van der Waals surface area contributed by atoms with Crippen LogP contribution in [-0.4, -0.2) is 25.2 Å². The molecule has 0 amide bonds. The van der Waals surface area contributed by atoms with Crippen molar-refractivity contribution in [3.63, 3.8) is 0 Å². The van der Waals surface area contributed by atoms with Crippen molar-refractivity contribution in [1.29, 1.82) is 0 Å². The van der Waals surface area contributed by atoms with Gasteiger partial charge in [0.2, 0.25) is 5.16 Å². The van der Waals surface area contributed by atoms with Crippen molar-refractivity contribution in [3.8, 4) is 17.1 Å². The highest BCUT2D eigenvalue weighted by molar-refractivity contribution is 7.99. The molecule has 0 saturated carbocycles. The van der Waals surface area contributed by atoms with E-state index in [0.717, 1.165) is 5.56 Å². The van der Waals surface area contributed by atoms with Gasteiger partial charge in [-0.3, -0.25) is 0 Å². The molecule has 4 rings (SSSR count). The summed E-state index contributed by atoms with van der Waals surface area (Å²) in [6.45, 7) is 0. The third-order valence-corrected chi connectivity index (χ3v) is 4.76. The molecule has 0 radical (unpaired) electrons. The fourth-order valence-electron chi connectivity index (χ4n) is 2.53. The van der Waals surface area contributed by atoms with Gasteiger partial charge in [0, 0.05) is 23.3 Å². The molecule has 1 unspecified atom stereocenters. The van der Waals surface area contributed by atoms with Crippen LogP contribution in [0.15, 0.2) is 53.7 Å². The second-order valence-corrected chi connectivity index (χ2v) is 6.29. The number of hydrogen-bond donors (Lipinski definition) is 4. The van der Waals surface area contributed by atoms with Crippen molar-refractivity contribution in [2.24, 2.45) is 0 Å².